The van der Waals surface area contributed by atoms with Crippen LogP contribution in [0.1, 0.15) is 19.4 Å². The van der Waals surface area contributed by atoms with Gasteiger partial charge in [0.1, 0.15) is 0 Å². The Bertz CT molecular complexity index is 699. The first kappa shape index (κ1) is 19.9. The maximum absolute atomic E-state index is 12.4. The van der Waals surface area contributed by atoms with Gasteiger partial charge in [0.15, 0.2) is 0 Å². The van der Waals surface area contributed by atoms with Crippen LogP contribution in [0.4, 0.5) is 11.4 Å². The third kappa shape index (κ3) is 5.31. The number of nitrogens with two attached hydrogens (primary N) is 1. The van der Waals surface area contributed by atoms with Gasteiger partial charge >= 0.3 is 0 Å². The van der Waals surface area contributed by atoms with Crippen LogP contribution < -0.4 is 16.0 Å². The molecule has 1 amide bonds. The van der Waals surface area contributed by atoms with Crippen LogP contribution in [0.25, 0.3) is 0 Å². The second-order valence-electron chi connectivity index (χ2n) is 6.61. The highest BCUT2D eigenvalue weighted by Crippen LogP contribution is 2.27. The van der Waals surface area contributed by atoms with Crippen molar-refractivity contribution in [3.63, 3.8) is 0 Å². The van der Waals surface area contributed by atoms with Crippen LogP contribution in [0, 0.1) is 6.92 Å². The average Bonchev–Trinajstić information content (AvgIpc) is 2.57. The summed E-state index contributed by atoms with van der Waals surface area (Å²) in [6.07, 6.45) is 7.11. The van der Waals surface area contributed by atoms with Crippen molar-refractivity contribution < 1.29 is 9.53 Å². The van der Waals surface area contributed by atoms with E-state index in [1.165, 1.54) is 5.69 Å². The number of nitrogens with zero attached hydrogens (tertiary/aromatic N) is 1. The zero-order chi connectivity index (χ0) is 19.1. The number of carbonyl (C=O) groups is 1. The van der Waals surface area contributed by atoms with Gasteiger partial charge in [-0.25, -0.2) is 0 Å². The van der Waals surface area contributed by atoms with E-state index in [4.69, 9.17) is 10.5 Å². The van der Waals surface area contributed by atoms with Gasteiger partial charge in [0.25, 0.3) is 5.91 Å². The van der Waals surface area contributed by atoms with Crippen molar-refractivity contribution >= 4 is 17.3 Å². The molecule has 0 saturated carbocycles. The zero-order valence-corrected chi connectivity index (χ0v) is 15.9. The Morgan fingerprint density at radius 3 is 2.65 bits per heavy atom. The standard InChI is InChI=1S/C21H29N3O2/c1-5-7-18(8-6-11-22)21(25)23-19-9-10-20(15(2)12-19)24-13-16(3)26-17(4)14-24/h5-10,12,16-17H,1,11,13-14,22H2,2-4H3,(H,23,25)/b8-6-,18-7+/t16-,17+. The maximum atomic E-state index is 12.4. The van der Waals surface area contributed by atoms with Crippen LogP contribution in [-0.2, 0) is 9.53 Å². The summed E-state index contributed by atoms with van der Waals surface area (Å²) < 4.78 is 5.81. The number of hydrogen-bond donors (Lipinski definition) is 2. The van der Waals surface area contributed by atoms with Crippen molar-refractivity contribution in [2.24, 2.45) is 5.73 Å². The number of morpholine rings is 1. The molecular formula is C21H29N3O2. The number of anilines is 2. The molecule has 140 valence electrons. The molecule has 1 aliphatic heterocycles. The predicted molar refractivity (Wildman–Crippen MR) is 109 cm³/mol. The number of rotatable bonds is 6. The normalized spacial score (nSPS) is 21.1. The smallest absolute Gasteiger partial charge is 0.255 e. The lowest BCUT2D eigenvalue weighted by Gasteiger charge is -2.37. The molecule has 26 heavy (non-hydrogen) atoms. The highest BCUT2D eigenvalue weighted by atomic mass is 16.5. The fourth-order valence-corrected chi connectivity index (χ4v) is 3.19. The molecule has 0 bridgehead atoms. The molecule has 5 heteroatoms. The molecule has 1 saturated heterocycles. The largest absolute Gasteiger partial charge is 0.372 e. The topological polar surface area (TPSA) is 67.6 Å². The number of aryl methyl sites for hydroxylation is 1. The highest BCUT2D eigenvalue weighted by Gasteiger charge is 2.23. The summed E-state index contributed by atoms with van der Waals surface area (Å²) in [5.74, 6) is -0.185. The molecule has 0 unspecified atom stereocenters. The number of hydrogen-bond acceptors (Lipinski definition) is 4. The maximum Gasteiger partial charge on any atom is 0.255 e. The van der Waals surface area contributed by atoms with E-state index < -0.39 is 0 Å². The van der Waals surface area contributed by atoms with Crippen LogP contribution in [0.5, 0.6) is 0 Å². The summed E-state index contributed by atoms with van der Waals surface area (Å²) in [4.78, 5) is 14.8. The van der Waals surface area contributed by atoms with Gasteiger partial charge in [0.05, 0.1) is 12.2 Å². The molecular weight excluding hydrogens is 326 g/mol. The monoisotopic (exact) mass is 355 g/mol. The average molecular weight is 355 g/mol. The molecule has 1 heterocycles. The molecule has 2 rings (SSSR count). The van der Waals surface area contributed by atoms with Crippen molar-refractivity contribution in [2.75, 3.05) is 29.9 Å². The Balaban J connectivity index is 2.13. The Kier molecular flexibility index (Phi) is 7.18. The second kappa shape index (κ2) is 9.36. The highest BCUT2D eigenvalue weighted by molar-refractivity contribution is 6.06. The van der Waals surface area contributed by atoms with Gasteiger partial charge in [0, 0.05) is 36.6 Å². The summed E-state index contributed by atoms with van der Waals surface area (Å²) in [5, 5.41) is 2.93. The first-order valence-electron chi connectivity index (χ1n) is 8.96. The van der Waals surface area contributed by atoms with Crippen LogP contribution in [0.3, 0.4) is 0 Å². The first-order chi connectivity index (χ1) is 12.4. The Morgan fingerprint density at radius 2 is 2.08 bits per heavy atom. The summed E-state index contributed by atoms with van der Waals surface area (Å²) in [5.41, 5.74) is 9.05. The van der Waals surface area contributed by atoms with Gasteiger partial charge in [-0.2, -0.15) is 0 Å². The van der Waals surface area contributed by atoms with Gasteiger partial charge in [0.2, 0.25) is 0 Å². The van der Waals surface area contributed by atoms with Gasteiger partial charge in [-0.15, -0.1) is 0 Å². The molecule has 0 radical (unpaired) electrons. The van der Waals surface area contributed by atoms with Crippen molar-refractivity contribution in [3.8, 4) is 0 Å². The van der Waals surface area contributed by atoms with Crippen LogP contribution >= 0.6 is 0 Å². The fourth-order valence-electron chi connectivity index (χ4n) is 3.19. The van der Waals surface area contributed by atoms with E-state index in [9.17, 15) is 4.79 Å². The van der Waals surface area contributed by atoms with E-state index >= 15 is 0 Å². The lowest BCUT2D eigenvalue weighted by molar-refractivity contribution is -0.112. The SMILES string of the molecule is C=C/C=C(\C=C/CN)C(=O)Nc1ccc(N2C[C@@H](C)O[C@@H](C)C2)c(C)c1. The lowest BCUT2D eigenvalue weighted by atomic mass is 10.1. The molecule has 1 fully saturated rings. The van der Waals surface area contributed by atoms with Gasteiger partial charge in [-0.1, -0.05) is 30.9 Å². The predicted octanol–water partition coefficient (Wildman–Crippen LogP) is 3.17. The molecule has 0 aliphatic carbocycles. The van der Waals surface area contributed by atoms with E-state index in [0.717, 1.165) is 24.3 Å². The second-order valence-corrected chi connectivity index (χ2v) is 6.61. The summed E-state index contributed by atoms with van der Waals surface area (Å²) in [7, 11) is 0. The van der Waals surface area contributed by atoms with Crippen LogP contribution in [0.2, 0.25) is 0 Å². The minimum atomic E-state index is -0.185. The Labute approximate surface area is 156 Å². The summed E-state index contributed by atoms with van der Waals surface area (Å²) in [6.45, 7) is 12.0. The Morgan fingerprint density at radius 1 is 1.38 bits per heavy atom. The summed E-state index contributed by atoms with van der Waals surface area (Å²) >= 11 is 0. The Hall–Kier alpha value is -2.37. The van der Waals surface area contributed by atoms with E-state index in [-0.39, 0.29) is 18.1 Å². The number of benzene rings is 1. The van der Waals surface area contributed by atoms with Gasteiger partial charge in [-0.3, -0.25) is 4.79 Å². The fraction of sp³-hybridized carbons (Fsp3) is 0.381. The molecule has 1 aromatic rings. The third-order valence-corrected chi connectivity index (χ3v) is 4.21. The van der Waals surface area contributed by atoms with Crippen LogP contribution in [-0.4, -0.2) is 37.7 Å². The van der Waals surface area contributed by atoms with E-state index in [1.54, 1.807) is 24.3 Å². The molecule has 5 nitrogen and oxygen atoms in total. The van der Waals surface area contributed by atoms with Crippen molar-refractivity contribution in [1.29, 1.82) is 0 Å². The van der Waals surface area contributed by atoms with E-state index in [0.29, 0.717) is 12.1 Å². The van der Waals surface area contributed by atoms with E-state index in [1.807, 2.05) is 12.1 Å². The zero-order valence-electron chi connectivity index (χ0n) is 15.9. The molecule has 1 aliphatic rings. The minimum absolute atomic E-state index is 0.185. The summed E-state index contributed by atoms with van der Waals surface area (Å²) in [6, 6.07) is 5.99. The number of ether oxygens (including phenoxy) is 1. The third-order valence-electron chi connectivity index (χ3n) is 4.21. The number of amides is 1. The first-order valence-corrected chi connectivity index (χ1v) is 8.96. The van der Waals surface area contributed by atoms with Crippen molar-refractivity contribution in [3.05, 3.63) is 60.2 Å². The quantitative estimate of drug-likeness (QED) is 0.607. The molecule has 3 N–H and O–H groups in total. The number of allylic oxidation sites excluding steroid dienone is 2. The van der Waals surface area contributed by atoms with E-state index in [2.05, 4.69) is 43.6 Å². The van der Waals surface area contributed by atoms with Crippen molar-refractivity contribution in [2.45, 2.75) is 33.0 Å². The van der Waals surface area contributed by atoms with Gasteiger partial charge < -0.3 is 20.7 Å². The lowest BCUT2D eigenvalue weighted by Crippen LogP contribution is -2.45. The van der Waals surface area contributed by atoms with Crippen molar-refractivity contribution in [1.82, 2.24) is 0 Å². The van der Waals surface area contributed by atoms with Crippen LogP contribution in [0.15, 0.2) is 54.7 Å². The molecule has 0 spiro atoms. The molecule has 1 aromatic carbocycles. The molecule has 0 aromatic heterocycles. The number of carbonyl (C=O) groups excluding carboxylic acids is 1. The minimum Gasteiger partial charge on any atom is -0.372 e. The number of nitrogens with one attached hydrogen (secondary N) is 1. The van der Waals surface area contributed by atoms with Gasteiger partial charge in [-0.05, 0) is 44.5 Å². The molecule has 2 atom stereocenters.